The Morgan fingerprint density at radius 2 is 1.94 bits per heavy atom. The van der Waals surface area contributed by atoms with Crippen LogP contribution >= 0.6 is 0 Å². The van der Waals surface area contributed by atoms with Crippen molar-refractivity contribution in [1.29, 1.82) is 0 Å². The number of halogens is 3. The van der Waals surface area contributed by atoms with E-state index in [1.165, 1.54) is 11.0 Å². The highest BCUT2D eigenvalue weighted by atomic mass is 19.4. The van der Waals surface area contributed by atoms with Gasteiger partial charge in [0.15, 0.2) is 0 Å². The molecule has 0 amide bonds. The maximum Gasteiger partial charge on any atom is 0.408 e. The first-order valence-corrected chi connectivity index (χ1v) is 5.95. The van der Waals surface area contributed by atoms with Crippen molar-refractivity contribution in [3.63, 3.8) is 0 Å². The van der Waals surface area contributed by atoms with E-state index >= 15 is 0 Å². The quantitative estimate of drug-likeness (QED) is 0.766. The number of ether oxygens (including phenoxy) is 1. The highest BCUT2D eigenvalue weighted by Gasteiger charge is 2.47. The number of alkyl halides is 3. The zero-order chi connectivity index (χ0) is 13.3. The summed E-state index contributed by atoms with van der Waals surface area (Å²) in [5.74, 6) is 0.336. The smallest absolute Gasteiger partial charge is 0.408 e. The van der Waals surface area contributed by atoms with Crippen LogP contribution < -0.4 is 4.74 Å². The maximum absolute atomic E-state index is 13.3. The van der Waals surface area contributed by atoms with Gasteiger partial charge in [-0.25, -0.2) is 0 Å². The number of hydrogen-bond donors (Lipinski definition) is 0. The number of benzene rings is 1. The van der Waals surface area contributed by atoms with E-state index < -0.39 is 12.2 Å². The lowest BCUT2D eigenvalue weighted by Gasteiger charge is -2.34. The van der Waals surface area contributed by atoms with Gasteiger partial charge in [0.25, 0.3) is 0 Å². The first-order chi connectivity index (χ1) is 8.41. The highest BCUT2D eigenvalue weighted by molar-refractivity contribution is 5.37. The number of rotatable bonds is 1. The Bertz CT molecular complexity index is 417. The summed E-state index contributed by atoms with van der Waals surface area (Å²) < 4.78 is 45.4. The van der Waals surface area contributed by atoms with Crippen molar-refractivity contribution in [3.8, 4) is 5.75 Å². The van der Waals surface area contributed by atoms with Crippen LogP contribution in [0.15, 0.2) is 24.3 Å². The van der Waals surface area contributed by atoms with Crippen molar-refractivity contribution in [2.75, 3.05) is 13.2 Å². The molecule has 1 unspecified atom stereocenters. The second-order valence-corrected chi connectivity index (χ2v) is 4.66. The summed E-state index contributed by atoms with van der Waals surface area (Å²) in [4.78, 5) is 1.44. The van der Waals surface area contributed by atoms with Crippen LogP contribution in [-0.4, -0.2) is 30.3 Å². The summed E-state index contributed by atoms with van der Waals surface area (Å²) in [6.07, 6.45) is -4.30. The van der Waals surface area contributed by atoms with Gasteiger partial charge in [-0.05, 0) is 19.9 Å². The highest BCUT2D eigenvalue weighted by Crippen LogP contribution is 2.43. The number of hydrogen-bond acceptors (Lipinski definition) is 2. The van der Waals surface area contributed by atoms with Crippen LogP contribution in [0.1, 0.15) is 25.5 Å². The lowest BCUT2D eigenvalue weighted by Crippen LogP contribution is -2.43. The summed E-state index contributed by atoms with van der Waals surface area (Å²) in [5, 5.41) is 0. The summed E-state index contributed by atoms with van der Waals surface area (Å²) >= 11 is 0. The van der Waals surface area contributed by atoms with Crippen LogP contribution in [0.5, 0.6) is 5.75 Å². The normalized spacial score (nSPS) is 21.3. The first kappa shape index (κ1) is 13.2. The third kappa shape index (κ3) is 2.46. The van der Waals surface area contributed by atoms with Gasteiger partial charge in [-0.1, -0.05) is 18.2 Å². The van der Waals surface area contributed by atoms with Crippen molar-refractivity contribution in [2.45, 2.75) is 32.1 Å². The van der Waals surface area contributed by atoms with Crippen LogP contribution in [-0.2, 0) is 0 Å². The zero-order valence-corrected chi connectivity index (χ0v) is 10.4. The van der Waals surface area contributed by atoms with E-state index in [-0.39, 0.29) is 24.8 Å². The molecular formula is C13H16F3NO. The van der Waals surface area contributed by atoms with Crippen molar-refractivity contribution >= 4 is 0 Å². The van der Waals surface area contributed by atoms with Crippen molar-refractivity contribution in [2.24, 2.45) is 0 Å². The Balaban J connectivity index is 2.50. The molecule has 18 heavy (non-hydrogen) atoms. The molecular weight excluding hydrogens is 243 g/mol. The van der Waals surface area contributed by atoms with Crippen molar-refractivity contribution in [3.05, 3.63) is 29.8 Å². The fraction of sp³-hybridized carbons (Fsp3) is 0.538. The Morgan fingerprint density at radius 3 is 2.56 bits per heavy atom. The third-order valence-electron chi connectivity index (χ3n) is 3.13. The topological polar surface area (TPSA) is 12.5 Å². The molecule has 1 aromatic rings. The lowest BCUT2D eigenvalue weighted by molar-refractivity contribution is -0.190. The van der Waals surface area contributed by atoms with Gasteiger partial charge in [0.1, 0.15) is 18.4 Å². The van der Waals surface area contributed by atoms with Gasteiger partial charge in [-0.15, -0.1) is 0 Å². The molecule has 0 N–H and O–H groups in total. The Labute approximate surface area is 104 Å². The standard InChI is InChI=1S/C13H16F3NO/c1-9(2)17-7-8-18-11-6-4-3-5-10(11)12(17)13(14,15)16/h3-6,9,12H,7-8H2,1-2H3. The van der Waals surface area contributed by atoms with Gasteiger partial charge in [0.2, 0.25) is 0 Å². The molecule has 0 fully saturated rings. The fourth-order valence-electron chi connectivity index (χ4n) is 2.33. The van der Waals surface area contributed by atoms with E-state index in [9.17, 15) is 13.2 Å². The second kappa shape index (κ2) is 4.80. The zero-order valence-electron chi connectivity index (χ0n) is 10.4. The summed E-state index contributed by atoms with van der Waals surface area (Å²) in [7, 11) is 0. The van der Waals surface area contributed by atoms with Gasteiger partial charge in [-0.2, -0.15) is 13.2 Å². The molecule has 0 spiro atoms. The van der Waals surface area contributed by atoms with Crippen molar-refractivity contribution in [1.82, 2.24) is 4.90 Å². The molecule has 0 bridgehead atoms. The summed E-state index contributed by atoms with van der Waals surface area (Å²) in [5.41, 5.74) is 0.205. The number of nitrogens with zero attached hydrogens (tertiary/aromatic N) is 1. The maximum atomic E-state index is 13.3. The van der Waals surface area contributed by atoms with Gasteiger partial charge in [0, 0.05) is 18.2 Å². The van der Waals surface area contributed by atoms with Crippen LogP contribution in [0, 0.1) is 0 Å². The Morgan fingerprint density at radius 1 is 1.28 bits per heavy atom. The molecule has 1 aromatic carbocycles. The summed E-state index contributed by atoms with van der Waals surface area (Å²) in [6.45, 7) is 4.09. The molecule has 100 valence electrons. The van der Waals surface area contributed by atoms with Crippen LogP contribution in [0.4, 0.5) is 13.2 Å². The van der Waals surface area contributed by atoms with Crippen molar-refractivity contribution < 1.29 is 17.9 Å². The molecule has 1 atom stereocenters. The molecule has 0 saturated carbocycles. The second-order valence-electron chi connectivity index (χ2n) is 4.66. The molecule has 0 radical (unpaired) electrons. The molecule has 2 rings (SSSR count). The van der Waals surface area contributed by atoms with E-state index in [0.29, 0.717) is 5.75 Å². The Kier molecular flexibility index (Phi) is 3.52. The predicted octanol–water partition coefficient (Wildman–Crippen LogP) is 3.39. The molecule has 0 saturated heterocycles. The van der Waals surface area contributed by atoms with Gasteiger partial charge < -0.3 is 4.74 Å². The minimum absolute atomic E-state index is 0.189. The lowest BCUT2D eigenvalue weighted by atomic mass is 10.0. The van der Waals surface area contributed by atoms with Gasteiger partial charge >= 0.3 is 6.18 Å². The van der Waals surface area contributed by atoms with Gasteiger partial charge in [0.05, 0.1) is 0 Å². The molecule has 0 aromatic heterocycles. The largest absolute Gasteiger partial charge is 0.492 e. The molecule has 1 aliphatic rings. The summed E-state index contributed by atoms with van der Waals surface area (Å²) in [6, 6.07) is 4.62. The SMILES string of the molecule is CC(C)N1CCOc2ccccc2C1C(F)(F)F. The Hall–Kier alpha value is -1.23. The van der Waals surface area contributed by atoms with E-state index in [0.717, 1.165) is 0 Å². The molecule has 5 heteroatoms. The first-order valence-electron chi connectivity index (χ1n) is 5.95. The third-order valence-corrected chi connectivity index (χ3v) is 3.13. The molecule has 1 aliphatic heterocycles. The number of fused-ring (bicyclic) bond motifs is 1. The molecule has 0 aliphatic carbocycles. The predicted molar refractivity (Wildman–Crippen MR) is 62.6 cm³/mol. The molecule has 1 heterocycles. The number of para-hydroxylation sites is 1. The van der Waals surface area contributed by atoms with E-state index in [1.807, 2.05) is 0 Å². The van der Waals surface area contributed by atoms with Crippen LogP contribution in [0.25, 0.3) is 0 Å². The molecule has 2 nitrogen and oxygen atoms in total. The minimum Gasteiger partial charge on any atom is -0.492 e. The monoisotopic (exact) mass is 259 g/mol. The fourth-order valence-corrected chi connectivity index (χ4v) is 2.33. The average molecular weight is 259 g/mol. The van der Waals surface area contributed by atoms with E-state index in [2.05, 4.69) is 0 Å². The average Bonchev–Trinajstić information content (AvgIpc) is 2.46. The van der Waals surface area contributed by atoms with Gasteiger partial charge in [-0.3, -0.25) is 4.90 Å². The van der Waals surface area contributed by atoms with E-state index in [1.54, 1.807) is 32.0 Å². The van der Waals surface area contributed by atoms with E-state index in [4.69, 9.17) is 4.74 Å². The van der Waals surface area contributed by atoms with Crippen LogP contribution in [0.2, 0.25) is 0 Å². The van der Waals surface area contributed by atoms with Crippen LogP contribution in [0.3, 0.4) is 0 Å². The minimum atomic E-state index is -4.30.